The number of rotatable bonds is 8. The highest BCUT2D eigenvalue weighted by Crippen LogP contribution is 1.94. The average Bonchev–Trinajstić information content (AvgIpc) is 2.31. The summed E-state index contributed by atoms with van der Waals surface area (Å²) in [6.07, 6.45) is 0.173. The standard InChI is InChI=1S/C9H18N2O4/c1-10-7(5-12)6-15-9(14)4-3-8(13)11-2/h7,10,12H,3-6H2,1-2H3,(H,11,13)/t7-/m0/s1/i12T. The van der Waals surface area contributed by atoms with E-state index in [1.54, 1.807) is 7.05 Å². The van der Waals surface area contributed by atoms with Gasteiger partial charge in [0.05, 0.1) is 19.1 Å². The molecule has 0 fully saturated rings. The largest absolute Gasteiger partial charge is 0.464 e. The average molecular weight is 220 g/mol. The Kier molecular flexibility index (Phi) is 6.52. The Morgan fingerprint density at radius 2 is 2.20 bits per heavy atom. The minimum atomic E-state index is -0.436. The van der Waals surface area contributed by atoms with Gasteiger partial charge in [0.15, 0.2) is 0 Å². The Labute approximate surface area is 90.5 Å². The maximum atomic E-state index is 11.2. The van der Waals surface area contributed by atoms with E-state index in [4.69, 9.17) is 6.17 Å². The summed E-state index contributed by atoms with van der Waals surface area (Å²) < 4.78 is 11.4. The van der Waals surface area contributed by atoms with Crippen LogP contribution < -0.4 is 10.6 Å². The first kappa shape index (κ1) is 11.9. The van der Waals surface area contributed by atoms with Crippen LogP contribution in [0.5, 0.6) is 0 Å². The molecule has 0 saturated heterocycles. The Morgan fingerprint density at radius 1 is 1.47 bits per heavy atom. The molecule has 0 aliphatic carbocycles. The van der Waals surface area contributed by atoms with Gasteiger partial charge in [-0.3, -0.25) is 9.59 Å². The van der Waals surface area contributed by atoms with Gasteiger partial charge in [0.2, 0.25) is 7.34 Å². The van der Waals surface area contributed by atoms with E-state index in [0.29, 0.717) is 0 Å². The van der Waals surface area contributed by atoms with Crippen molar-refractivity contribution in [1.82, 2.24) is 10.6 Å². The van der Waals surface area contributed by atoms with Gasteiger partial charge in [-0.05, 0) is 7.05 Å². The number of nitrogens with one attached hydrogen (secondary N) is 2. The van der Waals surface area contributed by atoms with Crippen molar-refractivity contribution in [2.24, 2.45) is 0 Å². The van der Waals surface area contributed by atoms with Crippen LogP contribution in [0.4, 0.5) is 0 Å². The molecule has 0 aromatic rings. The van der Waals surface area contributed by atoms with Crippen molar-refractivity contribution in [3.05, 3.63) is 0 Å². The molecule has 0 aliphatic heterocycles. The molecule has 0 unspecified atom stereocenters. The molecule has 0 aromatic carbocycles. The number of likely N-dealkylation sites (N-methyl/N-ethyl adjacent to an activating group) is 1. The number of aliphatic hydroxyl groups excluding tert-OH is 1. The van der Waals surface area contributed by atoms with Crippen molar-refractivity contribution in [3.63, 3.8) is 0 Å². The molecule has 88 valence electrons. The van der Waals surface area contributed by atoms with Crippen molar-refractivity contribution >= 4 is 11.9 Å². The number of carbonyl (C=O) groups is 2. The normalized spacial score (nSPS) is 12.8. The van der Waals surface area contributed by atoms with Crippen LogP contribution in [-0.2, 0) is 14.3 Å². The summed E-state index contributed by atoms with van der Waals surface area (Å²) in [7, 11) is 3.19. The second-order valence-corrected chi connectivity index (χ2v) is 3.01. The maximum Gasteiger partial charge on any atom is 0.306 e. The molecule has 0 spiro atoms. The molecular formula is C9H18N2O4. The Bertz CT molecular complexity index is 226. The van der Waals surface area contributed by atoms with Gasteiger partial charge in [0.25, 0.3) is 0 Å². The molecule has 3 N–H and O–H groups in total. The van der Waals surface area contributed by atoms with Gasteiger partial charge in [0, 0.05) is 13.5 Å². The lowest BCUT2D eigenvalue weighted by atomic mass is 10.3. The highest BCUT2D eigenvalue weighted by Gasteiger charge is 2.10. The Morgan fingerprint density at radius 3 is 2.73 bits per heavy atom. The number of amides is 1. The van der Waals surface area contributed by atoms with E-state index < -0.39 is 5.97 Å². The number of hydrogen-bond acceptors (Lipinski definition) is 5. The first-order valence-corrected chi connectivity index (χ1v) is 4.75. The van der Waals surface area contributed by atoms with E-state index >= 15 is 0 Å². The molecule has 6 heteroatoms. The maximum absolute atomic E-state index is 11.2. The molecule has 0 bridgehead atoms. The van der Waals surface area contributed by atoms with Gasteiger partial charge in [-0.1, -0.05) is 0 Å². The Hall–Kier alpha value is -1.14. The fraction of sp³-hybridized carbons (Fsp3) is 0.778. The molecule has 0 radical (unpaired) electrons. The zero-order valence-corrected chi connectivity index (χ0v) is 9.04. The number of hydrogen-bond donors (Lipinski definition) is 3. The van der Waals surface area contributed by atoms with E-state index in [1.807, 2.05) is 0 Å². The molecule has 6 nitrogen and oxygen atoms in total. The molecule has 0 aliphatic rings. The van der Waals surface area contributed by atoms with Crippen LogP contribution in [0.3, 0.4) is 0 Å². The van der Waals surface area contributed by atoms with Crippen LogP contribution in [0, 0.1) is 0 Å². The zero-order chi connectivity index (χ0) is 12.4. The number of carbonyl (C=O) groups excluding carboxylic acids is 2. The predicted octanol–water partition coefficient (Wildman–Crippen LogP) is -1.36. The van der Waals surface area contributed by atoms with Crippen molar-refractivity contribution in [2.45, 2.75) is 18.9 Å². The van der Waals surface area contributed by atoms with Crippen molar-refractivity contribution in [3.8, 4) is 0 Å². The second kappa shape index (κ2) is 8.19. The summed E-state index contributed by atoms with van der Waals surface area (Å²) >= 11 is 0. The van der Waals surface area contributed by atoms with Crippen LogP contribution in [0.1, 0.15) is 12.8 Å². The first-order chi connectivity index (χ1) is 7.63. The van der Waals surface area contributed by atoms with E-state index in [9.17, 15) is 9.59 Å². The molecule has 0 heterocycles. The fourth-order valence-corrected chi connectivity index (χ4v) is 0.821. The van der Waals surface area contributed by atoms with Crippen molar-refractivity contribution in [2.75, 3.05) is 27.3 Å². The summed E-state index contributed by atoms with van der Waals surface area (Å²) in [5.41, 5.74) is 0. The van der Waals surface area contributed by atoms with Gasteiger partial charge in [-0.2, -0.15) is 0 Å². The second-order valence-electron chi connectivity index (χ2n) is 3.01. The minimum Gasteiger partial charge on any atom is -0.464 e. The molecular weight excluding hydrogens is 200 g/mol. The lowest BCUT2D eigenvalue weighted by Gasteiger charge is -2.12. The molecule has 0 rings (SSSR count). The van der Waals surface area contributed by atoms with Crippen LogP contribution in [0.15, 0.2) is 0 Å². The molecule has 1 amide bonds. The van der Waals surface area contributed by atoms with Gasteiger partial charge < -0.3 is 20.5 Å². The van der Waals surface area contributed by atoms with Crippen LogP contribution in [0.2, 0.25) is 0 Å². The number of esters is 1. The first-order valence-electron chi connectivity index (χ1n) is 5.16. The van der Waals surface area contributed by atoms with E-state index in [2.05, 4.69) is 15.7 Å². The number of aliphatic hydroxyl groups is 1. The van der Waals surface area contributed by atoms with Gasteiger partial charge in [0.1, 0.15) is 6.61 Å². The summed E-state index contributed by atoms with van der Waals surface area (Å²) in [5, 5.41) is 9.42. The monoisotopic (exact) mass is 220 g/mol. The molecule has 15 heavy (non-hydrogen) atoms. The van der Waals surface area contributed by atoms with Crippen LogP contribution in [-0.4, -0.2) is 51.8 Å². The van der Waals surface area contributed by atoms with Crippen molar-refractivity contribution in [1.29, 1.82) is 1.43 Å². The highest BCUT2D eigenvalue weighted by molar-refractivity contribution is 5.80. The third-order valence-electron chi connectivity index (χ3n) is 1.89. The minimum absolute atomic E-state index is 0.0534. The smallest absolute Gasteiger partial charge is 0.306 e. The summed E-state index contributed by atoms with van der Waals surface area (Å²) in [6, 6.07) is -0.207. The molecule has 1 atom stereocenters. The van der Waals surface area contributed by atoms with Gasteiger partial charge in [-0.15, -0.1) is 0 Å². The SMILES string of the molecule is [3H]OC[C@@H](COC(=O)CCC(=O)NC)NC. The summed E-state index contributed by atoms with van der Waals surface area (Å²) in [5.74, 6) is -0.634. The highest BCUT2D eigenvalue weighted by atomic mass is 16.5. The van der Waals surface area contributed by atoms with Crippen molar-refractivity contribution < 1.29 is 19.4 Å². The summed E-state index contributed by atoms with van der Waals surface area (Å²) in [4.78, 5) is 22.0. The molecule has 0 saturated carbocycles. The predicted molar refractivity (Wildman–Crippen MR) is 54.2 cm³/mol. The van der Waals surface area contributed by atoms with Gasteiger partial charge in [-0.25, -0.2) is 0 Å². The topological polar surface area (TPSA) is 87.7 Å². The zero-order valence-electron chi connectivity index (χ0n) is 10.0. The quantitative estimate of drug-likeness (QED) is 0.440. The van der Waals surface area contributed by atoms with E-state index in [1.165, 1.54) is 7.05 Å². The third kappa shape index (κ3) is 6.87. The molecule has 0 aromatic heterocycles. The van der Waals surface area contributed by atoms with Crippen LogP contribution >= 0.6 is 0 Å². The third-order valence-corrected chi connectivity index (χ3v) is 1.89. The number of ether oxygens (including phenoxy) is 1. The van der Waals surface area contributed by atoms with Gasteiger partial charge >= 0.3 is 5.97 Å². The van der Waals surface area contributed by atoms with Crippen LogP contribution in [0.25, 0.3) is 0 Å². The fourth-order valence-electron chi connectivity index (χ4n) is 0.821. The lowest BCUT2D eigenvalue weighted by Crippen LogP contribution is -2.34. The van der Waals surface area contributed by atoms with E-state index in [0.717, 1.165) is 0 Å². The summed E-state index contributed by atoms with van der Waals surface area (Å²) in [6.45, 7) is 0.265. The van der Waals surface area contributed by atoms with E-state index in [-0.39, 0.29) is 38.0 Å². The Balaban J connectivity index is 3.66. The lowest BCUT2D eigenvalue weighted by molar-refractivity contribution is -0.145.